The largest absolute Gasteiger partial charge is 0.230 e. The molecule has 0 saturated heterocycles. The van der Waals surface area contributed by atoms with Gasteiger partial charge in [0.25, 0.3) is 0 Å². The molecule has 5 heteroatoms. The number of nitriles is 1. The molecule has 0 aliphatic carbocycles. The van der Waals surface area contributed by atoms with Crippen molar-refractivity contribution in [3.63, 3.8) is 0 Å². The highest BCUT2D eigenvalue weighted by molar-refractivity contribution is 7.89. The highest BCUT2D eigenvalue weighted by Crippen LogP contribution is 2.11. The van der Waals surface area contributed by atoms with Crippen molar-refractivity contribution in [2.75, 3.05) is 13.6 Å². The van der Waals surface area contributed by atoms with Gasteiger partial charge in [0.1, 0.15) is 0 Å². The average Bonchev–Trinajstić information content (AvgIpc) is 2.38. The standard InChI is InChI=1S/C13H18N2O2S/c1-3-13(11-14)18(16,17)15(2)10-9-12-7-5-4-6-8-12/h4-8,13H,3,9-10H2,1-2H3. The van der Waals surface area contributed by atoms with Crippen LogP contribution in [0.3, 0.4) is 0 Å². The van der Waals surface area contributed by atoms with Crippen LogP contribution in [0.4, 0.5) is 0 Å². The zero-order valence-corrected chi connectivity index (χ0v) is 11.5. The van der Waals surface area contributed by atoms with Crippen LogP contribution in [0.2, 0.25) is 0 Å². The van der Waals surface area contributed by atoms with E-state index in [1.54, 1.807) is 6.92 Å². The summed E-state index contributed by atoms with van der Waals surface area (Å²) >= 11 is 0. The van der Waals surface area contributed by atoms with Crippen LogP contribution in [-0.2, 0) is 16.4 Å². The van der Waals surface area contributed by atoms with Gasteiger partial charge in [0, 0.05) is 13.6 Å². The van der Waals surface area contributed by atoms with Gasteiger partial charge >= 0.3 is 0 Å². The lowest BCUT2D eigenvalue weighted by Crippen LogP contribution is -2.36. The molecule has 0 aliphatic rings. The van der Waals surface area contributed by atoms with Gasteiger partial charge in [-0.05, 0) is 18.4 Å². The molecule has 0 aromatic heterocycles. The van der Waals surface area contributed by atoms with E-state index in [1.807, 2.05) is 36.4 Å². The summed E-state index contributed by atoms with van der Waals surface area (Å²) in [4.78, 5) is 0. The van der Waals surface area contributed by atoms with Gasteiger partial charge in [-0.25, -0.2) is 12.7 Å². The normalized spacial score (nSPS) is 13.2. The van der Waals surface area contributed by atoms with E-state index in [-0.39, 0.29) is 0 Å². The first-order chi connectivity index (χ1) is 8.52. The van der Waals surface area contributed by atoms with E-state index in [4.69, 9.17) is 5.26 Å². The van der Waals surface area contributed by atoms with E-state index >= 15 is 0 Å². The average molecular weight is 266 g/mol. The molecular weight excluding hydrogens is 248 g/mol. The van der Waals surface area contributed by atoms with E-state index in [0.29, 0.717) is 19.4 Å². The molecule has 1 aromatic carbocycles. The van der Waals surface area contributed by atoms with E-state index in [9.17, 15) is 8.42 Å². The number of rotatable bonds is 6. The minimum atomic E-state index is -3.50. The van der Waals surface area contributed by atoms with Gasteiger partial charge in [-0.2, -0.15) is 5.26 Å². The lowest BCUT2D eigenvalue weighted by Gasteiger charge is -2.19. The minimum Gasteiger partial charge on any atom is -0.211 e. The van der Waals surface area contributed by atoms with E-state index in [0.717, 1.165) is 5.56 Å². The van der Waals surface area contributed by atoms with Gasteiger partial charge in [0.15, 0.2) is 5.25 Å². The highest BCUT2D eigenvalue weighted by atomic mass is 32.2. The van der Waals surface area contributed by atoms with Crippen molar-refractivity contribution in [3.8, 4) is 6.07 Å². The molecule has 0 N–H and O–H groups in total. The number of hydrogen-bond acceptors (Lipinski definition) is 3. The Kier molecular flexibility index (Phi) is 5.32. The third-order valence-corrected chi connectivity index (χ3v) is 5.08. The lowest BCUT2D eigenvalue weighted by atomic mass is 10.2. The van der Waals surface area contributed by atoms with E-state index in [2.05, 4.69) is 0 Å². The van der Waals surface area contributed by atoms with Gasteiger partial charge in [-0.15, -0.1) is 0 Å². The molecular formula is C13H18N2O2S. The second-order valence-electron chi connectivity index (χ2n) is 4.13. The van der Waals surface area contributed by atoms with Gasteiger partial charge < -0.3 is 0 Å². The van der Waals surface area contributed by atoms with Gasteiger partial charge in [-0.3, -0.25) is 0 Å². The van der Waals surface area contributed by atoms with Crippen molar-refractivity contribution < 1.29 is 8.42 Å². The Bertz CT molecular complexity index is 506. The zero-order valence-electron chi connectivity index (χ0n) is 10.7. The van der Waals surface area contributed by atoms with Crippen molar-refractivity contribution in [3.05, 3.63) is 35.9 Å². The molecule has 1 atom stereocenters. The molecule has 0 heterocycles. The molecule has 0 spiro atoms. The third-order valence-electron chi connectivity index (χ3n) is 2.87. The van der Waals surface area contributed by atoms with E-state index in [1.165, 1.54) is 11.4 Å². The summed E-state index contributed by atoms with van der Waals surface area (Å²) in [7, 11) is -1.97. The number of nitrogens with zero attached hydrogens (tertiary/aromatic N) is 2. The maximum absolute atomic E-state index is 12.0. The van der Waals surface area contributed by atoms with Gasteiger partial charge in [-0.1, -0.05) is 37.3 Å². The van der Waals surface area contributed by atoms with Crippen LogP contribution in [0.15, 0.2) is 30.3 Å². The first kappa shape index (κ1) is 14.7. The summed E-state index contributed by atoms with van der Waals surface area (Å²) in [6.45, 7) is 2.10. The van der Waals surface area contributed by atoms with Crippen molar-refractivity contribution in [2.45, 2.75) is 25.0 Å². The summed E-state index contributed by atoms with van der Waals surface area (Å²) in [6, 6.07) is 11.5. The van der Waals surface area contributed by atoms with Crippen LogP contribution >= 0.6 is 0 Å². The third kappa shape index (κ3) is 3.56. The Balaban J connectivity index is 2.66. The van der Waals surface area contributed by atoms with Crippen molar-refractivity contribution in [1.82, 2.24) is 4.31 Å². The molecule has 1 aromatic rings. The molecule has 1 rings (SSSR count). The number of hydrogen-bond donors (Lipinski definition) is 0. The topological polar surface area (TPSA) is 61.2 Å². The van der Waals surface area contributed by atoms with Crippen molar-refractivity contribution in [1.29, 1.82) is 5.26 Å². The fraction of sp³-hybridized carbons (Fsp3) is 0.462. The molecule has 0 radical (unpaired) electrons. The molecule has 1 unspecified atom stereocenters. The van der Waals surface area contributed by atoms with Crippen LogP contribution in [0.5, 0.6) is 0 Å². The number of benzene rings is 1. The number of sulfonamides is 1. The molecule has 0 aliphatic heterocycles. The molecule has 98 valence electrons. The minimum absolute atomic E-state index is 0.314. The maximum Gasteiger partial charge on any atom is 0.230 e. The molecule has 0 bridgehead atoms. The molecule has 0 fully saturated rings. The highest BCUT2D eigenvalue weighted by Gasteiger charge is 2.27. The summed E-state index contributed by atoms with van der Waals surface area (Å²) in [5.74, 6) is 0. The lowest BCUT2D eigenvalue weighted by molar-refractivity contribution is 0.466. The molecule has 4 nitrogen and oxygen atoms in total. The summed E-state index contributed by atoms with van der Waals surface area (Å²) < 4.78 is 25.3. The quantitative estimate of drug-likeness (QED) is 0.788. The van der Waals surface area contributed by atoms with Crippen LogP contribution in [0.1, 0.15) is 18.9 Å². The summed E-state index contributed by atoms with van der Waals surface area (Å²) in [5.41, 5.74) is 1.09. The Hall–Kier alpha value is -1.38. The van der Waals surface area contributed by atoms with Crippen LogP contribution in [-0.4, -0.2) is 31.6 Å². The van der Waals surface area contributed by atoms with Gasteiger partial charge in [0.05, 0.1) is 6.07 Å². The Morgan fingerprint density at radius 2 is 1.94 bits per heavy atom. The van der Waals surface area contributed by atoms with Crippen LogP contribution in [0, 0.1) is 11.3 Å². The fourth-order valence-corrected chi connectivity index (χ4v) is 2.98. The number of likely N-dealkylation sites (N-methyl/N-ethyl adjacent to an activating group) is 1. The smallest absolute Gasteiger partial charge is 0.211 e. The Morgan fingerprint density at radius 1 is 1.33 bits per heavy atom. The van der Waals surface area contributed by atoms with E-state index < -0.39 is 15.3 Å². The molecule has 0 saturated carbocycles. The Labute approximate surface area is 109 Å². The molecule has 0 amide bonds. The second-order valence-corrected chi connectivity index (χ2v) is 6.35. The fourth-order valence-electron chi connectivity index (χ4n) is 1.64. The Morgan fingerprint density at radius 3 is 2.44 bits per heavy atom. The monoisotopic (exact) mass is 266 g/mol. The van der Waals surface area contributed by atoms with Gasteiger partial charge in [0.2, 0.25) is 10.0 Å². The first-order valence-electron chi connectivity index (χ1n) is 5.91. The maximum atomic E-state index is 12.0. The van der Waals surface area contributed by atoms with Crippen molar-refractivity contribution in [2.24, 2.45) is 0 Å². The summed E-state index contributed by atoms with van der Waals surface area (Å²) in [6.07, 6.45) is 0.965. The molecule has 18 heavy (non-hydrogen) atoms. The summed E-state index contributed by atoms with van der Waals surface area (Å²) in [5, 5.41) is 7.89. The second kappa shape index (κ2) is 6.53. The predicted molar refractivity (Wildman–Crippen MR) is 71.4 cm³/mol. The SMILES string of the molecule is CCC(C#N)S(=O)(=O)N(C)CCc1ccccc1. The van der Waals surface area contributed by atoms with Crippen LogP contribution < -0.4 is 0 Å². The zero-order chi connectivity index (χ0) is 13.6. The van der Waals surface area contributed by atoms with Crippen molar-refractivity contribution >= 4 is 10.0 Å². The first-order valence-corrected chi connectivity index (χ1v) is 7.41. The predicted octanol–water partition coefficient (Wildman–Crippen LogP) is 1.79. The van der Waals surface area contributed by atoms with Crippen LogP contribution in [0.25, 0.3) is 0 Å².